The van der Waals surface area contributed by atoms with Crippen molar-refractivity contribution in [1.29, 1.82) is 0 Å². The Morgan fingerprint density at radius 3 is 2.76 bits per heavy atom. The van der Waals surface area contributed by atoms with E-state index in [2.05, 4.69) is 36.3 Å². The molecule has 0 saturated carbocycles. The smallest absolute Gasteiger partial charge is 0.409 e. The Bertz CT molecular complexity index is 705. The van der Waals surface area contributed by atoms with Crippen LogP contribution in [0.2, 0.25) is 0 Å². The SMILES string of the molecule is CCCCOC(=O)N1CCC(n2cc(-c3ccccc3C)nn2)CC1. The van der Waals surface area contributed by atoms with E-state index in [0.29, 0.717) is 19.7 Å². The maximum absolute atomic E-state index is 12.0. The van der Waals surface area contributed by atoms with Crippen LogP contribution >= 0.6 is 0 Å². The molecule has 0 aliphatic carbocycles. The molecule has 0 bridgehead atoms. The number of nitrogens with zero attached hydrogens (tertiary/aromatic N) is 4. The molecule has 0 spiro atoms. The highest BCUT2D eigenvalue weighted by Crippen LogP contribution is 2.25. The molecule has 0 unspecified atom stereocenters. The van der Waals surface area contributed by atoms with Crippen LogP contribution in [0.5, 0.6) is 0 Å². The first-order valence-corrected chi connectivity index (χ1v) is 9.08. The zero-order chi connectivity index (χ0) is 17.6. The number of rotatable bonds is 5. The number of piperidine rings is 1. The highest BCUT2D eigenvalue weighted by molar-refractivity contribution is 5.67. The summed E-state index contributed by atoms with van der Waals surface area (Å²) in [5.74, 6) is 0. The minimum absolute atomic E-state index is 0.189. The molecule has 0 N–H and O–H groups in total. The molecular weight excluding hydrogens is 316 g/mol. The molecule has 2 heterocycles. The maximum atomic E-state index is 12.0. The van der Waals surface area contributed by atoms with E-state index in [1.165, 1.54) is 5.56 Å². The monoisotopic (exact) mass is 342 g/mol. The Labute approximate surface area is 148 Å². The molecule has 1 saturated heterocycles. The lowest BCUT2D eigenvalue weighted by atomic mass is 10.0. The van der Waals surface area contributed by atoms with E-state index in [0.717, 1.165) is 36.9 Å². The molecule has 1 aromatic carbocycles. The summed E-state index contributed by atoms with van der Waals surface area (Å²) in [4.78, 5) is 13.8. The summed E-state index contributed by atoms with van der Waals surface area (Å²) in [6.45, 7) is 6.09. The van der Waals surface area contributed by atoms with Crippen LogP contribution in [0.3, 0.4) is 0 Å². The van der Waals surface area contributed by atoms with E-state index in [-0.39, 0.29) is 12.1 Å². The van der Waals surface area contributed by atoms with Gasteiger partial charge in [0, 0.05) is 18.7 Å². The molecule has 1 aliphatic heterocycles. The first-order valence-electron chi connectivity index (χ1n) is 9.08. The molecule has 0 radical (unpaired) electrons. The molecule has 6 heteroatoms. The number of aryl methyl sites for hydroxylation is 1. The van der Waals surface area contributed by atoms with Gasteiger partial charge < -0.3 is 9.64 Å². The second-order valence-corrected chi connectivity index (χ2v) is 6.58. The van der Waals surface area contributed by atoms with Crippen molar-refractivity contribution in [3.63, 3.8) is 0 Å². The average molecular weight is 342 g/mol. The third-order valence-electron chi connectivity index (χ3n) is 4.75. The van der Waals surface area contributed by atoms with Gasteiger partial charge in [0.05, 0.1) is 18.8 Å². The lowest BCUT2D eigenvalue weighted by molar-refractivity contribution is 0.0863. The van der Waals surface area contributed by atoms with Crippen molar-refractivity contribution in [2.75, 3.05) is 19.7 Å². The van der Waals surface area contributed by atoms with Crippen LogP contribution in [0.1, 0.15) is 44.2 Å². The predicted molar refractivity (Wildman–Crippen MR) is 96.3 cm³/mol. The van der Waals surface area contributed by atoms with E-state index >= 15 is 0 Å². The van der Waals surface area contributed by atoms with Gasteiger partial charge in [-0.15, -0.1) is 5.10 Å². The van der Waals surface area contributed by atoms with Crippen LogP contribution in [0.25, 0.3) is 11.3 Å². The fourth-order valence-electron chi connectivity index (χ4n) is 3.15. The summed E-state index contributed by atoms with van der Waals surface area (Å²) in [5.41, 5.74) is 3.21. The van der Waals surface area contributed by atoms with Crippen LogP contribution < -0.4 is 0 Å². The van der Waals surface area contributed by atoms with Gasteiger partial charge >= 0.3 is 6.09 Å². The Morgan fingerprint density at radius 2 is 2.04 bits per heavy atom. The van der Waals surface area contributed by atoms with Crippen molar-refractivity contribution in [3.8, 4) is 11.3 Å². The lowest BCUT2D eigenvalue weighted by Gasteiger charge is -2.31. The number of carbonyl (C=O) groups excluding carboxylic acids is 1. The van der Waals surface area contributed by atoms with E-state index in [1.54, 1.807) is 4.90 Å². The van der Waals surface area contributed by atoms with Crippen molar-refractivity contribution in [2.45, 2.75) is 45.6 Å². The van der Waals surface area contributed by atoms with Gasteiger partial charge in [0.1, 0.15) is 5.69 Å². The summed E-state index contributed by atoms with van der Waals surface area (Å²) in [6.07, 6.45) is 5.53. The Balaban J connectivity index is 1.57. The fraction of sp³-hybridized carbons (Fsp3) is 0.526. The molecule has 6 nitrogen and oxygen atoms in total. The van der Waals surface area contributed by atoms with Gasteiger partial charge in [-0.25, -0.2) is 9.48 Å². The summed E-state index contributed by atoms with van der Waals surface area (Å²) >= 11 is 0. The molecule has 1 aromatic heterocycles. The fourth-order valence-corrected chi connectivity index (χ4v) is 3.15. The second-order valence-electron chi connectivity index (χ2n) is 6.58. The van der Waals surface area contributed by atoms with Crippen molar-refractivity contribution >= 4 is 6.09 Å². The normalized spacial score (nSPS) is 15.4. The number of likely N-dealkylation sites (tertiary alicyclic amines) is 1. The molecule has 2 aromatic rings. The highest BCUT2D eigenvalue weighted by atomic mass is 16.6. The molecule has 1 fully saturated rings. The van der Waals surface area contributed by atoms with E-state index < -0.39 is 0 Å². The van der Waals surface area contributed by atoms with Crippen LogP contribution in [-0.4, -0.2) is 45.7 Å². The van der Waals surface area contributed by atoms with E-state index in [1.807, 2.05) is 23.0 Å². The third kappa shape index (κ3) is 4.18. The first kappa shape index (κ1) is 17.5. The molecular formula is C19H26N4O2. The topological polar surface area (TPSA) is 60.2 Å². The van der Waals surface area contributed by atoms with E-state index in [4.69, 9.17) is 4.74 Å². The maximum Gasteiger partial charge on any atom is 0.409 e. The van der Waals surface area contributed by atoms with Crippen LogP contribution in [0.4, 0.5) is 4.79 Å². The zero-order valence-electron chi connectivity index (χ0n) is 15.0. The molecule has 1 aliphatic rings. The number of carbonyl (C=O) groups is 1. The summed E-state index contributed by atoms with van der Waals surface area (Å²) in [5, 5.41) is 8.65. The van der Waals surface area contributed by atoms with Crippen molar-refractivity contribution < 1.29 is 9.53 Å². The number of ether oxygens (including phenoxy) is 1. The van der Waals surface area contributed by atoms with Crippen molar-refractivity contribution in [2.24, 2.45) is 0 Å². The zero-order valence-corrected chi connectivity index (χ0v) is 15.0. The standard InChI is InChI=1S/C19H26N4O2/c1-3-4-13-25-19(24)22-11-9-16(10-12-22)23-14-18(20-21-23)17-8-6-5-7-15(17)2/h5-8,14,16H,3-4,9-13H2,1-2H3. The van der Waals surface area contributed by atoms with Gasteiger partial charge in [-0.05, 0) is 31.7 Å². The molecule has 1 amide bonds. The number of unbranched alkanes of at least 4 members (excludes halogenated alkanes) is 1. The summed E-state index contributed by atoms with van der Waals surface area (Å²) in [7, 11) is 0. The van der Waals surface area contributed by atoms with Crippen LogP contribution in [0, 0.1) is 6.92 Å². The average Bonchev–Trinajstić information content (AvgIpc) is 3.12. The minimum Gasteiger partial charge on any atom is -0.449 e. The number of benzene rings is 1. The number of amides is 1. The predicted octanol–water partition coefficient (Wildman–Crippen LogP) is 3.83. The van der Waals surface area contributed by atoms with Crippen LogP contribution in [0.15, 0.2) is 30.5 Å². The Hall–Kier alpha value is -2.37. The van der Waals surface area contributed by atoms with Gasteiger partial charge in [-0.2, -0.15) is 0 Å². The van der Waals surface area contributed by atoms with Gasteiger partial charge in [-0.1, -0.05) is 42.8 Å². The molecule has 3 rings (SSSR count). The Morgan fingerprint density at radius 1 is 1.28 bits per heavy atom. The molecule has 25 heavy (non-hydrogen) atoms. The minimum atomic E-state index is -0.189. The van der Waals surface area contributed by atoms with Gasteiger partial charge in [0.2, 0.25) is 0 Å². The summed E-state index contributed by atoms with van der Waals surface area (Å²) in [6, 6.07) is 8.47. The largest absolute Gasteiger partial charge is 0.449 e. The third-order valence-corrected chi connectivity index (χ3v) is 4.75. The van der Waals surface area contributed by atoms with E-state index in [9.17, 15) is 4.79 Å². The molecule has 0 atom stereocenters. The van der Waals surface area contributed by atoms with Crippen LogP contribution in [-0.2, 0) is 4.74 Å². The van der Waals surface area contributed by atoms with Crippen molar-refractivity contribution in [1.82, 2.24) is 19.9 Å². The lowest BCUT2D eigenvalue weighted by Crippen LogP contribution is -2.39. The van der Waals surface area contributed by atoms with Gasteiger partial charge in [0.25, 0.3) is 0 Å². The van der Waals surface area contributed by atoms with Gasteiger partial charge in [0.15, 0.2) is 0 Å². The Kier molecular flexibility index (Phi) is 5.68. The number of hydrogen-bond donors (Lipinski definition) is 0. The number of aromatic nitrogens is 3. The van der Waals surface area contributed by atoms with Gasteiger partial charge in [-0.3, -0.25) is 0 Å². The quantitative estimate of drug-likeness (QED) is 0.775. The first-order chi connectivity index (χ1) is 12.2. The summed E-state index contributed by atoms with van der Waals surface area (Å²) < 4.78 is 7.24. The molecule has 134 valence electrons. The second kappa shape index (κ2) is 8.14. The number of hydrogen-bond acceptors (Lipinski definition) is 4. The highest BCUT2D eigenvalue weighted by Gasteiger charge is 2.25. The van der Waals surface area contributed by atoms with Crippen molar-refractivity contribution in [3.05, 3.63) is 36.0 Å².